The molecule has 4 nitrogen and oxygen atoms in total. The summed E-state index contributed by atoms with van der Waals surface area (Å²) >= 11 is 12.3. The standard InChI is InChI=1S/C22H17Cl2N3O/c23-20-9-5-10-21(24)19(20)14-27-26-13-17-7-3-4-11-22(17)28-15-18-8-2-1-6-16(18)12-25/h1-11,13,27H,14-15H2/b26-13-. The number of nitriles is 1. The van der Waals surface area contributed by atoms with Crippen molar-refractivity contribution in [3.05, 3.63) is 99.0 Å². The molecule has 140 valence electrons. The van der Waals surface area contributed by atoms with E-state index in [9.17, 15) is 5.26 Å². The summed E-state index contributed by atoms with van der Waals surface area (Å²) in [7, 11) is 0. The number of nitrogens with zero attached hydrogens (tertiary/aromatic N) is 2. The van der Waals surface area contributed by atoms with Crippen LogP contribution in [0.4, 0.5) is 0 Å². The normalized spacial score (nSPS) is 10.6. The van der Waals surface area contributed by atoms with Crippen LogP contribution in [-0.4, -0.2) is 6.21 Å². The molecule has 0 atom stereocenters. The van der Waals surface area contributed by atoms with Gasteiger partial charge in [0.15, 0.2) is 0 Å². The SMILES string of the molecule is N#Cc1ccccc1COc1ccccc1/C=N\NCc1c(Cl)cccc1Cl. The van der Waals surface area contributed by atoms with Gasteiger partial charge in [-0.3, -0.25) is 0 Å². The Hall–Kier alpha value is -3.00. The molecule has 3 rings (SSSR count). The van der Waals surface area contributed by atoms with Gasteiger partial charge in [-0.15, -0.1) is 0 Å². The summed E-state index contributed by atoms with van der Waals surface area (Å²) < 4.78 is 5.91. The molecular weight excluding hydrogens is 393 g/mol. The van der Waals surface area contributed by atoms with Gasteiger partial charge in [-0.2, -0.15) is 10.4 Å². The molecule has 0 heterocycles. The van der Waals surface area contributed by atoms with Crippen LogP contribution in [-0.2, 0) is 13.2 Å². The first-order chi connectivity index (χ1) is 13.7. The van der Waals surface area contributed by atoms with Crippen LogP contribution in [0.5, 0.6) is 5.75 Å². The minimum Gasteiger partial charge on any atom is -0.488 e. The van der Waals surface area contributed by atoms with Gasteiger partial charge in [0.2, 0.25) is 0 Å². The fourth-order valence-corrected chi connectivity index (χ4v) is 3.10. The van der Waals surface area contributed by atoms with Gasteiger partial charge in [0, 0.05) is 26.7 Å². The highest BCUT2D eigenvalue weighted by molar-refractivity contribution is 6.35. The van der Waals surface area contributed by atoms with Crippen LogP contribution in [0.3, 0.4) is 0 Å². The Morgan fingerprint density at radius 2 is 1.68 bits per heavy atom. The first-order valence-electron chi connectivity index (χ1n) is 8.57. The molecule has 0 fully saturated rings. The minimum absolute atomic E-state index is 0.303. The van der Waals surface area contributed by atoms with Crippen LogP contribution in [0, 0.1) is 11.3 Å². The third-order valence-corrected chi connectivity index (χ3v) is 4.76. The van der Waals surface area contributed by atoms with Gasteiger partial charge in [-0.1, -0.05) is 59.6 Å². The van der Waals surface area contributed by atoms with Gasteiger partial charge in [0.1, 0.15) is 12.4 Å². The summed E-state index contributed by atoms with van der Waals surface area (Å²) in [5.74, 6) is 0.677. The minimum atomic E-state index is 0.303. The number of hydrogen-bond donors (Lipinski definition) is 1. The van der Waals surface area contributed by atoms with Crippen molar-refractivity contribution in [3.8, 4) is 11.8 Å². The predicted octanol–water partition coefficient (Wildman–Crippen LogP) is 5.57. The highest BCUT2D eigenvalue weighted by atomic mass is 35.5. The summed E-state index contributed by atoms with van der Waals surface area (Å²) in [6.45, 7) is 0.713. The molecule has 0 amide bonds. The molecule has 3 aromatic rings. The van der Waals surface area contributed by atoms with Gasteiger partial charge in [0.05, 0.1) is 24.4 Å². The van der Waals surface area contributed by atoms with E-state index in [1.807, 2.05) is 42.5 Å². The lowest BCUT2D eigenvalue weighted by Crippen LogP contribution is -2.07. The number of hydrogen-bond acceptors (Lipinski definition) is 4. The van der Waals surface area contributed by atoms with Crippen molar-refractivity contribution in [2.75, 3.05) is 0 Å². The summed E-state index contributed by atoms with van der Waals surface area (Å²) in [5, 5.41) is 14.6. The topological polar surface area (TPSA) is 57.4 Å². The van der Waals surface area contributed by atoms with Crippen LogP contribution in [0.2, 0.25) is 10.0 Å². The smallest absolute Gasteiger partial charge is 0.128 e. The van der Waals surface area contributed by atoms with E-state index >= 15 is 0 Å². The molecule has 0 spiro atoms. The molecule has 0 saturated carbocycles. The van der Waals surface area contributed by atoms with E-state index in [0.717, 1.165) is 16.7 Å². The Labute approximate surface area is 174 Å². The van der Waals surface area contributed by atoms with Crippen LogP contribution in [0.25, 0.3) is 0 Å². The number of hydrazone groups is 1. The summed E-state index contributed by atoms with van der Waals surface area (Å²) in [6.07, 6.45) is 1.68. The predicted molar refractivity (Wildman–Crippen MR) is 113 cm³/mol. The van der Waals surface area contributed by atoms with E-state index < -0.39 is 0 Å². The highest BCUT2D eigenvalue weighted by Crippen LogP contribution is 2.24. The number of nitrogens with one attached hydrogen (secondary N) is 1. The second-order valence-electron chi connectivity index (χ2n) is 5.89. The lowest BCUT2D eigenvalue weighted by atomic mass is 10.1. The number of rotatable bonds is 7. The molecule has 0 aromatic heterocycles. The second-order valence-corrected chi connectivity index (χ2v) is 6.70. The van der Waals surface area contributed by atoms with Gasteiger partial charge in [-0.25, -0.2) is 0 Å². The Morgan fingerprint density at radius 3 is 2.46 bits per heavy atom. The van der Waals surface area contributed by atoms with Crippen LogP contribution >= 0.6 is 23.2 Å². The summed E-state index contributed by atoms with van der Waals surface area (Å²) in [6, 6.07) is 22.5. The molecule has 28 heavy (non-hydrogen) atoms. The Kier molecular flexibility index (Phi) is 6.91. The maximum atomic E-state index is 9.19. The lowest BCUT2D eigenvalue weighted by Gasteiger charge is -2.10. The molecule has 0 unspecified atom stereocenters. The van der Waals surface area contributed by atoms with Gasteiger partial charge in [-0.05, 0) is 30.3 Å². The molecule has 0 aliphatic rings. The second kappa shape index (κ2) is 9.80. The largest absolute Gasteiger partial charge is 0.488 e. The van der Waals surface area contributed by atoms with E-state index in [-0.39, 0.29) is 0 Å². The van der Waals surface area contributed by atoms with Crippen molar-refractivity contribution in [2.24, 2.45) is 5.10 Å². The number of para-hydroxylation sites is 1. The maximum absolute atomic E-state index is 9.19. The third kappa shape index (κ3) is 5.04. The zero-order chi connectivity index (χ0) is 19.8. The molecule has 0 bridgehead atoms. The molecule has 0 radical (unpaired) electrons. The highest BCUT2D eigenvalue weighted by Gasteiger charge is 2.06. The van der Waals surface area contributed by atoms with Crippen molar-refractivity contribution in [3.63, 3.8) is 0 Å². The summed E-state index contributed by atoms with van der Waals surface area (Å²) in [4.78, 5) is 0. The maximum Gasteiger partial charge on any atom is 0.128 e. The fourth-order valence-electron chi connectivity index (χ4n) is 2.57. The first-order valence-corrected chi connectivity index (χ1v) is 9.33. The quantitative estimate of drug-likeness (QED) is 0.409. The molecule has 0 aliphatic heterocycles. The number of ether oxygens (including phenoxy) is 1. The average Bonchev–Trinajstić information content (AvgIpc) is 2.72. The zero-order valence-electron chi connectivity index (χ0n) is 14.9. The van der Waals surface area contributed by atoms with E-state index in [1.165, 1.54) is 0 Å². The molecule has 3 aromatic carbocycles. The summed E-state index contributed by atoms with van der Waals surface area (Å²) in [5.41, 5.74) is 6.00. The Morgan fingerprint density at radius 1 is 0.964 bits per heavy atom. The van der Waals surface area contributed by atoms with Crippen molar-refractivity contribution in [1.82, 2.24) is 5.43 Å². The zero-order valence-corrected chi connectivity index (χ0v) is 16.4. The van der Waals surface area contributed by atoms with E-state index in [0.29, 0.717) is 34.5 Å². The molecule has 0 aliphatic carbocycles. The van der Waals surface area contributed by atoms with Crippen LogP contribution in [0.1, 0.15) is 22.3 Å². The third-order valence-electron chi connectivity index (χ3n) is 4.05. The average molecular weight is 410 g/mol. The fraction of sp³-hybridized carbons (Fsp3) is 0.0909. The lowest BCUT2D eigenvalue weighted by molar-refractivity contribution is 0.305. The Bertz CT molecular complexity index is 1010. The number of halogens is 2. The van der Waals surface area contributed by atoms with Gasteiger partial charge >= 0.3 is 0 Å². The van der Waals surface area contributed by atoms with Gasteiger partial charge in [0.25, 0.3) is 0 Å². The monoisotopic (exact) mass is 409 g/mol. The van der Waals surface area contributed by atoms with Crippen molar-refractivity contribution in [1.29, 1.82) is 5.26 Å². The Balaban J connectivity index is 1.65. The van der Waals surface area contributed by atoms with E-state index in [1.54, 1.807) is 30.5 Å². The van der Waals surface area contributed by atoms with Crippen LogP contribution in [0.15, 0.2) is 71.8 Å². The molecule has 6 heteroatoms. The van der Waals surface area contributed by atoms with Crippen molar-refractivity contribution in [2.45, 2.75) is 13.2 Å². The van der Waals surface area contributed by atoms with Crippen LogP contribution < -0.4 is 10.2 Å². The van der Waals surface area contributed by atoms with Crippen molar-refractivity contribution < 1.29 is 4.74 Å². The van der Waals surface area contributed by atoms with E-state index in [4.69, 9.17) is 27.9 Å². The molecule has 0 saturated heterocycles. The number of benzene rings is 3. The van der Waals surface area contributed by atoms with Crippen molar-refractivity contribution >= 4 is 29.4 Å². The van der Waals surface area contributed by atoms with E-state index in [2.05, 4.69) is 16.6 Å². The first kappa shape index (κ1) is 19.8. The molecular formula is C22H17Cl2N3O. The molecule has 1 N–H and O–H groups in total. The van der Waals surface area contributed by atoms with Gasteiger partial charge < -0.3 is 10.2 Å².